The zero-order valence-corrected chi connectivity index (χ0v) is 21.1. The highest BCUT2D eigenvalue weighted by Gasteiger charge is 2.29. The number of carbonyl (C=O) groups excluding carboxylic acids is 2. The molecule has 1 heterocycles. The smallest absolute Gasteiger partial charge is 0.320 e. The van der Waals surface area contributed by atoms with E-state index in [4.69, 9.17) is 9.47 Å². The van der Waals surface area contributed by atoms with Crippen LogP contribution in [0.4, 0.5) is 0 Å². The summed E-state index contributed by atoms with van der Waals surface area (Å²) in [4.78, 5) is 33.5. The molecule has 0 aliphatic heterocycles. The molecule has 0 unspecified atom stereocenters. The van der Waals surface area contributed by atoms with E-state index in [2.05, 4.69) is 16.9 Å². The second kappa shape index (κ2) is 16.0. The second-order valence-electron chi connectivity index (χ2n) is 8.60. The first kappa shape index (κ1) is 27.5. The van der Waals surface area contributed by atoms with E-state index in [1.165, 1.54) is 51.4 Å². The molecule has 0 N–H and O–H groups in total. The predicted molar refractivity (Wildman–Crippen MR) is 134 cm³/mol. The van der Waals surface area contributed by atoms with Crippen molar-refractivity contribution in [3.63, 3.8) is 0 Å². The van der Waals surface area contributed by atoms with Crippen LogP contribution in [0, 0.1) is 5.92 Å². The molecule has 1 aromatic heterocycles. The van der Waals surface area contributed by atoms with Gasteiger partial charge in [0.2, 0.25) is 0 Å². The first-order chi connectivity index (χ1) is 16.6. The van der Waals surface area contributed by atoms with Crippen LogP contribution in [0.15, 0.2) is 36.7 Å². The van der Waals surface area contributed by atoms with Gasteiger partial charge in [0, 0.05) is 18.0 Å². The third-order valence-electron chi connectivity index (χ3n) is 5.82. The maximum atomic E-state index is 12.2. The third kappa shape index (κ3) is 9.62. The molecule has 2 rings (SSSR count). The summed E-state index contributed by atoms with van der Waals surface area (Å²) >= 11 is 0. The Bertz CT molecular complexity index is 832. The van der Waals surface area contributed by atoms with Crippen molar-refractivity contribution >= 4 is 11.9 Å². The van der Waals surface area contributed by atoms with Crippen molar-refractivity contribution in [3.8, 4) is 11.4 Å². The predicted octanol–water partition coefficient (Wildman–Crippen LogP) is 6.11. The molecule has 0 fully saturated rings. The third-order valence-corrected chi connectivity index (χ3v) is 5.82. The van der Waals surface area contributed by atoms with Gasteiger partial charge >= 0.3 is 11.9 Å². The molecule has 0 bridgehead atoms. The zero-order valence-electron chi connectivity index (χ0n) is 21.1. The van der Waals surface area contributed by atoms with Gasteiger partial charge in [-0.2, -0.15) is 0 Å². The number of esters is 2. The lowest BCUT2D eigenvalue weighted by atomic mass is 9.98. The van der Waals surface area contributed by atoms with Crippen LogP contribution in [0.3, 0.4) is 0 Å². The molecule has 0 saturated heterocycles. The molecule has 0 saturated carbocycles. The number of unbranched alkanes of at least 4 members (excludes halogenated alkanes) is 7. The van der Waals surface area contributed by atoms with Gasteiger partial charge in [0.05, 0.1) is 13.2 Å². The zero-order chi connectivity index (χ0) is 24.6. The van der Waals surface area contributed by atoms with Crippen LogP contribution in [0.25, 0.3) is 11.4 Å². The number of nitrogens with zero attached hydrogens (tertiary/aromatic N) is 2. The summed E-state index contributed by atoms with van der Waals surface area (Å²) < 4.78 is 10.1. The fourth-order valence-corrected chi connectivity index (χ4v) is 3.87. The average molecular weight is 469 g/mol. The molecule has 6 heteroatoms. The molecule has 6 nitrogen and oxygen atoms in total. The van der Waals surface area contributed by atoms with Gasteiger partial charge in [0.15, 0.2) is 11.7 Å². The van der Waals surface area contributed by atoms with Gasteiger partial charge in [-0.15, -0.1) is 0 Å². The van der Waals surface area contributed by atoms with E-state index in [1.54, 1.807) is 13.8 Å². The summed E-state index contributed by atoms with van der Waals surface area (Å²) in [6.45, 7) is 6.13. The van der Waals surface area contributed by atoms with Crippen LogP contribution in [0.5, 0.6) is 0 Å². The van der Waals surface area contributed by atoms with Crippen molar-refractivity contribution in [2.24, 2.45) is 5.92 Å². The summed E-state index contributed by atoms with van der Waals surface area (Å²) in [5.74, 6) is -1.41. The largest absolute Gasteiger partial charge is 0.465 e. The molecule has 34 heavy (non-hydrogen) atoms. The minimum Gasteiger partial charge on any atom is -0.465 e. The Hall–Kier alpha value is -2.76. The van der Waals surface area contributed by atoms with Crippen molar-refractivity contribution in [1.29, 1.82) is 0 Å². The van der Waals surface area contributed by atoms with Crippen molar-refractivity contribution < 1.29 is 19.1 Å². The maximum Gasteiger partial charge on any atom is 0.320 e. The highest BCUT2D eigenvalue weighted by Crippen LogP contribution is 2.19. The summed E-state index contributed by atoms with van der Waals surface area (Å²) in [6.07, 6.45) is 15.5. The highest BCUT2D eigenvalue weighted by atomic mass is 16.6. The Morgan fingerprint density at radius 3 is 1.79 bits per heavy atom. The summed E-state index contributed by atoms with van der Waals surface area (Å²) in [7, 11) is 0. The molecule has 0 aliphatic rings. The fraction of sp³-hybridized carbons (Fsp3) is 0.571. The van der Waals surface area contributed by atoms with Crippen molar-refractivity contribution in [2.75, 3.05) is 13.2 Å². The van der Waals surface area contributed by atoms with E-state index >= 15 is 0 Å². The van der Waals surface area contributed by atoms with Crippen molar-refractivity contribution in [2.45, 2.75) is 85.0 Å². The topological polar surface area (TPSA) is 78.4 Å². The molecule has 1 aromatic carbocycles. The molecule has 0 spiro atoms. The second-order valence-corrected chi connectivity index (χ2v) is 8.60. The molecule has 0 radical (unpaired) electrons. The van der Waals surface area contributed by atoms with Gasteiger partial charge in [0.1, 0.15) is 0 Å². The first-order valence-corrected chi connectivity index (χ1v) is 12.8. The van der Waals surface area contributed by atoms with E-state index in [0.717, 1.165) is 23.1 Å². The SMILES string of the molecule is CCCCCCCCCCc1cnc(-c2ccc(CC(C(=O)OCC)C(=O)OCC)cc2)nc1. The summed E-state index contributed by atoms with van der Waals surface area (Å²) in [5.41, 5.74) is 2.91. The number of hydrogen-bond donors (Lipinski definition) is 0. The summed E-state index contributed by atoms with van der Waals surface area (Å²) in [6, 6.07) is 7.60. The minimum atomic E-state index is -0.961. The summed E-state index contributed by atoms with van der Waals surface area (Å²) in [5, 5.41) is 0. The number of hydrogen-bond acceptors (Lipinski definition) is 6. The quantitative estimate of drug-likeness (QED) is 0.168. The van der Waals surface area contributed by atoms with E-state index in [-0.39, 0.29) is 19.6 Å². The standard InChI is InChI=1S/C28H40N2O4/c1-4-7-8-9-10-11-12-13-14-23-20-29-26(30-21-23)24-17-15-22(16-18-24)19-25(27(31)33-5-2)28(32)34-6-3/h15-18,20-21,25H,4-14,19H2,1-3H3. The highest BCUT2D eigenvalue weighted by molar-refractivity contribution is 5.95. The van der Waals surface area contributed by atoms with Crippen LogP contribution < -0.4 is 0 Å². The number of carbonyl (C=O) groups is 2. The van der Waals surface area contributed by atoms with Gasteiger partial charge in [-0.05, 0) is 44.2 Å². The Morgan fingerprint density at radius 1 is 0.735 bits per heavy atom. The lowest BCUT2D eigenvalue weighted by Crippen LogP contribution is -2.30. The maximum absolute atomic E-state index is 12.2. The van der Waals surface area contributed by atoms with Gasteiger partial charge in [-0.25, -0.2) is 9.97 Å². The van der Waals surface area contributed by atoms with Gasteiger partial charge in [-0.3, -0.25) is 9.59 Å². The van der Waals surface area contributed by atoms with Crippen LogP contribution >= 0.6 is 0 Å². The molecule has 0 atom stereocenters. The number of rotatable bonds is 16. The Balaban J connectivity index is 1.86. The van der Waals surface area contributed by atoms with Gasteiger partial charge in [-0.1, -0.05) is 76.1 Å². The van der Waals surface area contributed by atoms with E-state index in [1.807, 2.05) is 36.7 Å². The monoisotopic (exact) mass is 468 g/mol. The normalized spacial score (nSPS) is 10.9. The Kier molecular flexibility index (Phi) is 12.9. The molecule has 0 amide bonds. The number of aromatic nitrogens is 2. The van der Waals surface area contributed by atoms with E-state index in [0.29, 0.717) is 5.82 Å². The Labute approximate surface area is 204 Å². The molecule has 186 valence electrons. The number of aryl methyl sites for hydroxylation is 1. The van der Waals surface area contributed by atoms with E-state index < -0.39 is 17.9 Å². The number of benzene rings is 1. The molecule has 0 aliphatic carbocycles. The van der Waals surface area contributed by atoms with E-state index in [9.17, 15) is 9.59 Å². The van der Waals surface area contributed by atoms with Gasteiger partial charge in [0.25, 0.3) is 0 Å². The van der Waals surface area contributed by atoms with Crippen molar-refractivity contribution in [3.05, 3.63) is 47.8 Å². The Morgan fingerprint density at radius 2 is 1.26 bits per heavy atom. The molecular formula is C28H40N2O4. The lowest BCUT2D eigenvalue weighted by Gasteiger charge is -2.14. The van der Waals surface area contributed by atoms with Gasteiger partial charge < -0.3 is 9.47 Å². The molecular weight excluding hydrogens is 428 g/mol. The fourth-order valence-electron chi connectivity index (χ4n) is 3.87. The lowest BCUT2D eigenvalue weighted by molar-refractivity contribution is -0.161. The van der Waals surface area contributed by atoms with Crippen LogP contribution in [-0.4, -0.2) is 35.1 Å². The van der Waals surface area contributed by atoms with Crippen LogP contribution in [-0.2, 0) is 31.9 Å². The molecule has 2 aromatic rings. The van der Waals surface area contributed by atoms with Crippen molar-refractivity contribution in [1.82, 2.24) is 9.97 Å². The first-order valence-electron chi connectivity index (χ1n) is 12.8. The minimum absolute atomic E-state index is 0.222. The number of ether oxygens (including phenoxy) is 2. The average Bonchev–Trinajstić information content (AvgIpc) is 2.85. The van der Waals surface area contributed by atoms with Crippen LogP contribution in [0.2, 0.25) is 0 Å². The van der Waals surface area contributed by atoms with Crippen LogP contribution in [0.1, 0.15) is 83.3 Å².